The van der Waals surface area contributed by atoms with Crippen LogP contribution in [0.1, 0.15) is 22.8 Å². The van der Waals surface area contributed by atoms with Crippen molar-refractivity contribution in [2.75, 3.05) is 12.3 Å². The van der Waals surface area contributed by atoms with Crippen LogP contribution in [0.4, 0.5) is 19.0 Å². The lowest BCUT2D eigenvalue weighted by Crippen LogP contribution is -2.08. The molecule has 2 rings (SSSR count). The number of aromatic amines is 1. The van der Waals surface area contributed by atoms with Crippen LogP contribution in [0.2, 0.25) is 0 Å². The van der Waals surface area contributed by atoms with E-state index < -0.39 is 17.7 Å². The zero-order valence-electron chi connectivity index (χ0n) is 9.97. The lowest BCUT2D eigenvalue weighted by Gasteiger charge is -2.06. The molecule has 1 heterocycles. The summed E-state index contributed by atoms with van der Waals surface area (Å²) >= 11 is 0. The Morgan fingerprint density at radius 3 is 2.68 bits per heavy atom. The summed E-state index contributed by atoms with van der Waals surface area (Å²) in [5, 5.41) is 0.103. The van der Waals surface area contributed by atoms with Crippen LogP contribution < -0.4 is 5.73 Å². The molecule has 0 aliphatic carbocycles. The first-order valence-corrected chi connectivity index (χ1v) is 5.50. The normalized spacial score (nSPS) is 11.8. The highest BCUT2D eigenvalue weighted by Gasteiger charge is 2.31. The maximum atomic E-state index is 12.6. The third-order valence-electron chi connectivity index (χ3n) is 2.63. The van der Waals surface area contributed by atoms with Gasteiger partial charge in [0.15, 0.2) is 0 Å². The molecule has 0 aliphatic heterocycles. The van der Waals surface area contributed by atoms with Crippen LogP contribution in [0.3, 0.4) is 0 Å². The Kier molecular flexibility index (Phi) is 3.13. The second-order valence-electron chi connectivity index (χ2n) is 3.89. The van der Waals surface area contributed by atoms with Crippen molar-refractivity contribution in [3.8, 4) is 0 Å². The number of carbonyl (C=O) groups is 1. The lowest BCUT2D eigenvalue weighted by molar-refractivity contribution is -0.137. The van der Waals surface area contributed by atoms with Gasteiger partial charge in [-0.05, 0) is 25.1 Å². The molecule has 1 aromatic heterocycles. The van der Waals surface area contributed by atoms with Gasteiger partial charge < -0.3 is 15.5 Å². The summed E-state index contributed by atoms with van der Waals surface area (Å²) < 4.78 is 42.7. The Hall–Kier alpha value is -2.18. The van der Waals surface area contributed by atoms with Gasteiger partial charge in [0.1, 0.15) is 11.4 Å². The highest BCUT2D eigenvalue weighted by Crippen LogP contribution is 2.33. The Morgan fingerprint density at radius 2 is 2.11 bits per heavy atom. The van der Waals surface area contributed by atoms with Gasteiger partial charge in [-0.25, -0.2) is 4.79 Å². The monoisotopic (exact) mass is 272 g/mol. The Balaban J connectivity index is 2.63. The van der Waals surface area contributed by atoms with Crippen molar-refractivity contribution in [1.29, 1.82) is 0 Å². The van der Waals surface area contributed by atoms with Gasteiger partial charge in [-0.3, -0.25) is 0 Å². The van der Waals surface area contributed by atoms with Crippen molar-refractivity contribution in [3.63, 3.8) is 0 Å². The van der Waals surface area contributed by atoms with Crippen LogP contribution >= 0.6 is 0 Å². The summed E-state index contributed by atoms with van der Waals surface area (Å²) in [5.41, 5.74) is 5.05. The fraction of sp³-hybridized carbons (Fsp3) is 0.250. The van der Waals surface area contributed by atoms with E-state index in [1.165, 1.54) is 6.07 Å². The summed E-state index contributed by atoms with van der Waals surface area (Å²) in [7, 11) is 0. The van der Waals surface area contributed by atoms with Gasteiger partial charge in [-0.1, -0.05) is 0 Å². The first-order chi connectivity index (χ1) is 8.84. The molecule has 7 heteroatoms. The fourth-order valence-electron chi connectivity index (χ4n) is 1.81. The predicted molar refractivity (Wildman–Crippen MR) is 63.7 cm³/mol. The Morgan fingerprint density at radius 1 is 1.42 bits per heavy atom. The first kappa shape index (κ1) is 13.3. The van der Waals surface area contributed by atoms with E-state index in [0.29, 0.717) is 5.52 Å². The molecule has 102 valence electrons. The number of fused-ring (bicyclic) bond motifs is 1. The minimum atomic E-state index is -4.48. The zero-order chi connectivity index (χ0) is 14.2. The number of hydrogen-bond donors (Lipinski definition) is 2. The van der Waals surface area contributed by atoms with Gasteiger partial charge in [0, 0.05) is 10.9 Å². The molecule has 0 unspecified atom stereocenters. The minimum Gasteiger partial charge on any atom is -0.462 e. The largest absolute Gasteiger partial charge is 0.462 e. The SMILES string of the molecule is CCOC(=O)c1c(N)[nH]c2ccc(C(F)(F)F)cc12. The molecule has 0 bridgehead atoms. The Labute approximate surface area is 106 Å². The van der Waals surface area contributed by atoms with Crippen molar-refractivity contribution in [2.24, 2.45) is 0 Å². The second kappa shape index (κ2) is 4.49. The number of alkyl halides is 3. The van der Waals surface area contributed by atoms with Gasteiger partial charge in [0.2, 0.25) is 0 Å². The molecule has 19 heavy (non-hydrogen) atoms. The second-order valence-corrected chi connectivity index (χ2v) is 3.89. The molecule has 0 spiro atoms. The van der Waals surface area contributed by atoms with Crippen LogP contribution in [0.25, 0.3) is 10.9 Å². The molecule has 4 nitrogen and oxygen atoms in total. The average Bonchev–Trinajstić information content (AvgIpc) is 2.62. The highest BCUT2D eigenvalue weighted by atomic mass is 19.4. The summed E-state index contributed by atoms with van der Waals surface area (Å²) in [4.78, 5) is 14.4. The summed E-state index contributed by atoms with van der Waals surface area (Å²) in [6.45, 7) is 1.72. The molecule has 0 radical (unpaired) electrons. The number of esters is 1. The zero-order valence-corrected chi connectivity index (χ0v) is 9.97. The molecule has 0 saturated carbocycles. The van der Waals surface area contributed by atoms with Crippen molar-refractivity contribution in [3.05, 3.63) is 29.3 Å². The van der Waals surface area contributed by atoms with Crippen LogP contribution in [0.15, 0.2) is 18.2 Å². The topological polar surface area (TPSA) is 68.1 Å². The van der Waals surface area contributed by atoms with E-state index in [1.807, 2.05) is 0 Å². The number of hydrogen-bond acceptors (Lipinski definition) is 3. The lowest BCUT2D eigenvalue weighted by atomic mass is 10.1. The molecule has 3 N–H and O–H groups in total. The van der Waals surface area contributed by atoms with Crippen molar-refractivity contribution in [1.82, 2.24) is 4.98 Å². The van der Waals surface area contributed by atoms with E-state index >= 15 is 0 Å². The quantitative estimate of drug-likeness (QED) is 0.826. The van der Waals surface area contributed by atoms with Crippen LogP contribution in [-0.2, 0) is 10.9 Å². The van der Waals surface area contributed by atoms with Crippen molar-refractivity contribution >= 4 is 22.7 Å². The Bertz CT molecular complexity index is 632. The van der Waals surface area contributed by atoms with Crippen LogP contribution in [-0.4, -0.2) is 17.6 Å². The van der Waals surface area contributed by atoms with Crippen molar-refractivity contribution in [2.45, 2.75) is 13.1 Å². The number of anilines is 1. The number of ether oxygens (including phenoxy) is 1. The number of benzene rings is 1. The molecule has 0 saturated heterocycles. The van der Waals surface area contributed by atoms with Gasteiger partial charge >= 0.3 is 12.1 Å². The van der Waals surface area contributed by atoms with E-state index in [2.05, 4.69) is 4.98 Å². The smallest absolute Gasteiger partial charge is 0.416 e. The summed E-state index contributed by atoms with van der Waals surface area (Å²) in [5.74, 6) is -0.752. The highest BCUT2D eigenvalue weighted by molar-refractivity contribution is 6.09. The maximum absolute atomic E-state index is 12.6. The number of nitrogen functional groups attached to an aromatic ring is 1. The number of rotatable bonds is 2. The minimum absolute atomic E-state index is 0.00669. The third kappa shape index (κ3) is 2.35. The van der Waals surface area contributed by atoms with Gasteiger partial charge in [-0.2, -0.15) is 13.2 Å². The number of nitrogens with two attached hydrogens (primary N) is 1. The van der Waals surface area contributed by atoms with E-state index in [-0.39, 0.29) is 23.4 Å². The van der Waals surface area contributed by atoms with E-state index in [0.717, 1.165) is 12.1 Å². The first-order valence-electron chi connectivity index (χ1n) is 5.50. The van der Waals surface area contributed by atoms with Crippen LogP contribution in [0.5, 0.6) is 0 Å². The summed E-state index contributed by atoms with van der Waals surface area (Å²) in [6.07, 6.45) is -4.48. The van der Waals surface area contributed by atoms with Gasteiger partial charge in [-0.15, -0.1) is 0 Å². The van der Waals surface area contributed by atoms with E-state index in [4.69, 9.17) is 10.5 Å². The number of nitrogens with one attached hydrogen (secondary N) is 1. The molecule has 2 aromatic rings. The van der Waals surface area contributed by atoms with Gasteiger partial charge in [0.25, 0.3) is 0 Å². The third-order valence-corrected chi connectivity index (χ3v) is 2.63. The molecular weight excluding hydrogens is 261 g/mol. The number of halogens is 3. The average molecular weight is 272 g/mol. The van der Waals surface area contributed by atoms with Gasteiger partial charge in [0.05, 0.1) is 12.2 Å². The summed E-state index contributed by atoms with van der Waals surface area (Å²) in [6, 6.07) is 3.04. The number of H-pyrrole nitrogens is 1. The molecule has 1 aromatic carbocycles. The molecular formula is C12H11F3N2O2. The predicted octanol–water partition coefficient (Wildman–Crippen LogP) is 2.95. The molecule has 0 amide bonds. The van der Waals surface area contributed by atoms with E-state index in [9.17, 15) is 18.0 Å². The fourth-order valence-corrected chi connectivity index (χ4v) is 1.81. The molecule has 0 fully saturated rings. The standard InChI is InChI=1S/C12H11F3N2O2/c1-2-19-11(18)9-7-5-6(12(13,14)15)3-4-8(7)17-10(9)16/h3-5,17H,2,16H2,1H3. The number of aromatic nitrogens is 1. The van der Waals surface area contributed by atoms with E-state index in [1.54, 1.807) is 6.92 Å². The maximum Gasteiger partial charge on any atom is 0.416 e. The number of carbonyl (C=O) groups excluding carboxylic acids is 1. The molecule has 0 atom stereocenters. The molecule has 0 aliphatic rings. The van der Waals surface area contributed by atoms with Crippen LogP contribution in [0, 0.1) is 0 Å². The van der Waals surface area contributed by atoms with Crippen molar-refractivity contribution < 1.29 is 22.7 Å².